The second-order valence-corrected chi connectivity index (χ2v) is 3.57. The van der Waals surface area contributed by atoms with E-state index in [0.29, 0.717) is 6.04 Å². The predicted octanol–water partition coefficient (Wildman–Crippen LogP) is 2.29. The Kier molecular flexibility index (Phi) is 3.60. The van der Waals surface area contributed by atoms with Gasteiger partial charge in [-0.25, -0.2) is 0 Å². The Morgan fingerprint density at radius 2 is 2.45 bits per heavy atom. The van der Waals surface area contributed by atoms with Crippen LogP contribution in [0.2, 0.25) is 0 Å². The molecule has 0 radical (unpaired) electrons. The van der Waals surface area contributed by atoms with Gasteiger partial charge in [-0.1, -0.05) is 6.92 Å². The van der Waals surface area contributed by atoms with Gasteiger partial charge >= 0.3 is 0 Å². The summed E-state index contributed by atoms with van der Waals surface area (Å²) >= 11 is 1.77. The van der Waals surface area contributed by atoms with Crippen molar-refractivity contribution >= 4 is 11.3 Å². The summed E-state index contributed by atoms with van der Waals surface area (Å²) in [6, 6.07) is 2.80. The van der Waals surface area contributed by atoms with E-state index in [4.69, 9.17) is 0 Å². The zero-order valence-electron chi connectivity index (χ0n) is 7.13. The van der Waals surface area contributed by atoms with Crippen molar-refractivity contribution in [3.8, 4) is 0 Å². The summed E-state index contributed by atoms with van der Waals surface area (Å²) in [5.74, 6) is 0. The summed E-state index contributed by atoms with van der Waals surface area (Å²) in [5.41, 5.74) is 1.45. The van der Waals surface area contributed by atoms with Gasteiger partial charge in [-0.15, -0.1) is 0 Å². The molecule has 0 fully saturated rings. The van der Waals surface area contributed by atoms with Gasteiger partial charge in [0.15, 0.2) is 0 Å². The highest BCUT2D eigenvalue weighted by atomic mass is 32.1. The SMILES string of the molecule is CCNC(C)Cc1ccsc1. The van der Waals surface area contributed by atoms with Crippen LogP contribution in [-0.4, -0.2) is 12.6 Å². The van der Waals surface area contributed by atoms with Gasteiger partial charge in [0.2, 0.25) is 0 Å². The van der Waals surface area contributed by atoms with Gasteiger partial charge < -0.3 is 5.32 Å². The smallest absolute Gasteiger partial charge is 0.00793 e. The normalized spacial score (nSPS) is 13.3. The number of hydrogen-bond donors (Lipinski definition) is 1. The van der Waals surface area contributed by atoms with Crippen molar-refractivity contribution in [2.45, 2.75) is 26.3 Å². The molecule has 0 bridgehead atoms. The largest absolute Gasteiger partial charge is 0.314 e. The van der Waals surface area contributed by atoms with Crippen molar-refractivity contribution in [2.75, 3.05) is 6.54 Å². The van der Waals surface area contributed by atoms with Crippen LogP contribution in [0.4, 0.5) is 0 Å². The maximum absolute atomic E-state index is 3.39. The molecule has 1 unspecified atom stereocenters. The second-order valence-electron chi connectivity index (χ2n) is 2.79. The first kappa shape index (κ1) is 8.75. The lowest BCUT2D eigenvalue weighted by Gasteiger charge is -2.09. The van der Waals surface area contributed by atoms with E-state index < -0.39 is 0 Å². The molecule has 0 saturated heterocycles. The van der Waals surface area contributed by atoms with Crippen LogP contribution < -0.4 is 5.32 Å². The van der Waals surface area contributed by atoms with Crippen LogP contribution in [0.5, 0.6) is 0 Å². The second kappa shape index (κ2) is 4.52. The molecule has 0 amide bonds. The Labute approximate surface area is 72.4 Å². The van der Waals surface area contributed by atoms with Crippen molar-refractivity contribution < 1.29 is 0 Å². The Morgan fingerprint density at radius 1 is 1.64 bits per heavy atom. The highest BCUT2D eigenvalue weighted by Crippen LogP contribution is 2.08. The van der Waals surface area contributed by atoms with Gasteiger partial charge in [0, 0.05) is 6.04 Å². The van der Waals surface area contributed by atoms with Crippen LogP contribution in [0, 0.1) is 0 Å². The van der Waals surface area contributed by atoms with E-state index in [0.717, 1.165) is 13.0 Å². The van der Waals surface area contributed by atoms with Crippen molar-refractivity contribution in [1.29, 1.82) is 0 Å². The van der Waals surface area contributed by atoms with E-state index in [1.165, 1.54) is 5.56 Å². The monoisotopic (exact) mass is 169 g/mol. The van der Waals surface area contributed by atoms with E-state index >= 15 is 0 Å². The molecular weight excluding hydrogens is 154 g/mol. The lowest BCUT2D eigenvalue weighted by atomic mass is 10.1. The molecule has 11 heavy (non-hydrogen) atoms. The molecule has 62 valence electrons. The lowest BCUT2D eigenvalue weighted by molar-refractivity contribution is 0.566. The van der Waals surface area contributed by atoms with E-state index in [9.17, 15) is 0 Å². The number of rotatable bonds is 4. The van der Waals surface area contributed by atoms with Crippen LogP contribution in [0.25, 0.3) is 0 Å². The average Bonchev–Trinajstić information content (AvgIpc) is 2.40. The molecule has 1 N–H and O–H groups in total. The first-order chi connectivity index (χ1) is 5.33. The molecule has 1 heterocycles. The van der Waals surface area contributed by atoms with E-state index in [1.807, 2.05) is 0 Å². The van der Waals surface area contributed by atoms with Gasteiger partial charge in [-0.05, 0) is 42.3 Å². The minimum Gasteiger partial charge on any atom is -0.314 e. The molecule has 0 spiro atoms. The maximum atomic E-state index is 3.39. The van der Waals surface area contributed by atoms with E-state index in [1.54, 1.807) is 11.3 Å². The Hall–Kier alpha value is -0.340. The predicted molar refractivity (Wildman–Crippen MR) is 51.2 cm³/mol. The van der Waals surface area contributed by atoms with Crippen LogP contribution >= 0.6 is 11.3 Å². The zero-order valence-corrected chi connectivity index (χ0v) is 7.95. The molecule has 0 aliphatic heterocycles. The first-order valence-corrected chi connectivity index (χ1v) is 5.01. The van der Waals surface area contributed by atoms with Gasteiger partial charge in [0.1, 0.15) is 0 Å². The van der Waals surface area contributed by atoms with Crippen molar-refractivity contribution in [3.63, 3.8) is 0 Å². The molecule has 2 heteroatoms. The summed E-state index contributed by atoms with van der Waals surface area (Å²) in [5, 5.41) is 7.74. The molecule has 1 aromatic rings. The van der Waals surface area contributed by atoms with Crippen LogP contribution in [-0.2, 0) is 6.42 Å². The molecule has 1 aromatic heterocycles. The summed E-state index contributed by atoms with van der Waals surface area (Å²) in [6.07, 6.45) is 1.15. The number of hydrogen-bond acceptors (Lipinski definition) is 2. The van der Waals surface area contributed by atoms with Crippen molar-refractivity contribution in [2.24, 2.45) is 0 Å². The molecule has 0 aromatic carbocycles. The third kappa shape index (κ3) is 3.04. The van der Waals surface area contributed by atoms with Crippen LogP contribution in [0.1, 0.15) is 19.4 Å². The topological polar surface area (TPSA) is 12.0 Å². The van der Waals surface area contributed by atoms with Crippen LogP contribution in [0.15, 0.2) is 16.8 Å². The molecule has 1 atom stereocenters. The van der Waals surface area contributed by atoms with Crippen molar-refractivity contribution in [1.82, 2.24) is 5.32 Å². The summed E-state index contributed by atoms with van der Waals surface area (Å²) in [7, 11) is 0. The van der Waals surface area contributed by atoms with Gasteiger partial charge in [-0.3, -0.25) is 0 Å². The number of likely N-dealkylation sites (N-methyl/N-ethyl adjacent to an activating group) is 1. The van der Waals surface area contributed by atoms with E-state index in [2.05, 4.69) is 36.0 Å². The highest BCUT2D eigenvalue weighted by Gasteiger charge is 2.00. The summed E-state index contributed by atoms with van der Waals surface area (Å²) < 4.78 is 0. The average molecular weight is 169 g/mol. The first-order valence-electron chi connectivity index (χ1n) is 4.07. The highest BCUT2D eigenvalue weighted by molar-refractivity contribution is 7.07. The quantitative estimate of drug-likeness (QED) is 0.729. The third-order valence-corrected chi connectivity index (χ3v) is 2.41. The zero-order chi connectivity index (χ0) is 8.10. The fraction of sp³-hybridized carbons (Fsp3) is 0.556. The molecular formula is C9H15NS. The Balaban J connectivity index is 2.31. The molecule has 1 rings (SSSR count). The number of nitrogens with one attached hydrogen (secondary N) is 1. The number of thiophene rings is 1. The van der Waals surface area contributed by atoms with Crippen LogP contribution in [0.3, 0.4) is 0 Å². The minimum absolute atomic E-state index is 0.606. The lowest BCUT2D eigenvalue weighted by Crippen LogP contribution is -2.27. The fourth-order valence-electron chi connectivity index (χ4n) is 1.18. The summed E-state index contributed by atoms with van der Waals surface area (Å²) in [4.78, 5) is 0. The molecule has 0 saturated carbocycles. The molecule has 0 aliphatic rings. The van der Waals surface area contributed by atoms with Gasteiger partial charge in [0.25, 0.3) is 0 Å². The Bertz CT molecular complexity index is 181. The van der Waals surface area contributed by atoms with Crippen molar-refractivity contribution in [3.05, 3.63) is 22.4 Å². The molecule has 1 nitrogen and oxygen atoms in total. The van der Waals surface area contributed by atoms with Gasteiger partial charge in [0.05, 0.1) is 0 Å². The standard InChI is InChI=1S/C9H15NS/c1-3-10-8(2)6-9-4-5-11-7-9/h4-5,7-8,10H,3,6H2,1-2H3. The van der Waals surface area contributed by atoms with Gasteiger partial charge in [-0.2, -0.15) is 11.3 Å². The minimum atomic E-state index is 0.606. The van der Waals surface area contributed by atoms with E-state index in [-0.39, 0.29) is 0 Å². The fourth-order valence-corrected chi connectivity index (χ4v) is 1.86. The molecule has 0 aliphatic carbocycles. The maximum Gasteiger partial charge on any atom is 0.00793 e. The third-order valence-electron chi connectivity index (χ3n) is 1.67. The summed E-state index contributed by atoms with van der Waals surface area (Å²) in [6.45, 7) is 5.43. The Morgan fingerprint density at radius 3 is 3.00 bits per heavy atom.